The van der Waals surface area contributed by atoms with Gasteiger partial charge in [0.15, 0.2) is 0 Å². The molecular weight excluding hydrogens is 237 g/mol. The van der Waals surface area contributed by atoms with Crippen LogP contribution >= 0.6 is 11.6 Å². The first-order chi connectivity index (χ1) is 8.18. The number of halogens is 2. The summed E-state index contributed by atoms with van der Waals surface area (Å²) in [7, 11) is 1.96. The van der Waals surface area contributed by atoms with Gasteiger partial charge in [0.2, 0.25) is 0 Å². The average Bonchev–Trinajstić information content (AvgIpc) is 2.34. The molecule has 0 saturated heterocycles. The van der Waals surface area contributed by atoms with E-state index in [0.717, 1.165) is 24.9 Å². The molecule has 0 aliphatic heterocycles. The lowest BCUT2D eigenvalue weighted by molar-refractivity contribution is 0.285. The highest BCUT2D eigenvalue weighted by Gasteiger charge is 2.33. The molecule has 1 aromatic carbocycles. The van der Waals surface area contributed by atoms with Crippen LogP contribution < -0.4 is 5.32 Å². The second-order valence-corrected chi connectivity index (χ2v) is 5.41. The van der Waals surface area contributed by atoms with Crippen LogP contribution in [0, 0.1) is 5.82 Å². The standard InChI is InChI=1S/C14H19ClFN/c1-17-10-14(7-3-2-4-8-14)11-5-6-12(15)13(16)9-11/h5-6,9,17H,2-4,7-8,10H2,1H3. The van der Waals surface area contributed by atoms with Gasteiger partial charge in [-0.2, -0.15) is 0 Å². The minimum Gasteiger partial charge on any atom is -0.319 e. The van der Waals surface area contributed by atoms with Gasteiger partial charge in [-0.25, -0.2) is 4.39 Å². The van der Waals surface area contributed by atoms with Gasteiger partial charge in [0.05, 0.1) is 5.02 Å². The van der Waals surface area contributed by atoms with Gasteiger partial charge >= 0.3 is 0 Å². The van der Waals surface area contributed by atoms with Crippen LogP contribution in [0.25, 0.3) is 0 Å². The molecule has 0 unspecified atom stereocenters. The Balaban J connectivity index is 2.34. The molecule has 94 valence electrons. The molecular formula is C14H19ClFN. The van der Waals surface area contributed by atoms with Crippen LogP contribution in [0.5, 0.6) is 0 Å². The van der Waals surface area contributed by atoms with Gasteiger partial charge in [-0.05, 0) is 37.6 Å². The van der Waals surface area contributed by atoms with Crippen LogP contribution in [0.15, 0.2) is 18.2 Å². The lowest BCUT2D eigenvalue weighted by atomic mass is 9.69. The maximum atomic E-state index is 13.6. The first-order valence-electron chi connectivity index (χ1n) is 6.28. The highest BCUT2D eigenvalue weighted by molar-refractivity contribution is 6.30. The molecule has 1 saturated carbocycles. The molecule has 0 amide bonds. The van der Waals surface area contributed by atoms with Crippen molar-refractivity contribution in [3.05, 3.63) is 34.6 Å². The van der Waals surface area contributed by atoms with Crippen molar-refractivity contribution < 1.29 is 4.39 Å². The quantitative estimate of drug-likeness (QED) is 0.864. The molecule has 1 aliphatic carbocycles. The molecule has 1 fully saturated rings. The van der Waals surface area contributed by atoms with E-state index in [4.69, 9.17) is 11.6 Å². The zero-order chi connectivity index (χ0) is 12.3. The summed E-state index contributed by atoms with van der Waals surface area (Å²) < 4.78 is 13.6. The van der Waals surface area contributed by atoms with Crippen molar-refractivity contribution in [2.75, 3.05) is 13.6 Å². The van der Waals surface area contributed by atoms with Crippen molar-refractivity contribution in [3.63, 3.8) is 0 Å². The largest absolute Gasteiger partial charge is 0.319 e. The summed E-state index contributed by atoms with van der Waals surface area (Å²) in [6, 6.07) is 5.28. The third kappa shape index (κ3) is 2.63. The van der Waals surface area contributed by atoms with Crippen LogP contribution in [-0.4, -0.2) is 13.6 Å². The second kappa shape index (κ2) is 5.36. The zero-order valence-electron chi connectivity index (χ0n) is 10.2. The normalized spacial score (nSPS) is 19.2. The lowest BCUT2D eigenvalue weighted by Crippen LogP contribution is -2.38. The number of benzene rings is 1. The monoisotopic (exact) mass is 255 g/mol. The van der Waals surface area contributed by atoms with E-state index in [9.17, 15) is 4.39 Å². The first kappa shape index (κ1) is 12.8. The van der Waals surface area contributed by atoms with Crippen LogP contribution in [0.1, 0.15) is 37.7 Å². The maximum absolute atomic E-state index is 13.6. The summed E-state index contributed by atoms with van der Waals surface area (Å²) in [5.41, 5.74) is 1.19. The average molecular weight is 256 g/mol. The Kier molecular flexibility index (Phi) is 4.05. The molecule has 17 heavy (non-hydrogen) atoms. The van der Waals surface area contributed by atoms with E-state index in [1.54, 1.807) is 12.1 Å². The fraction of sp³-hybridized carbons (Fsp3) is 0.571. The molecule has 0 aromatic heterocycles. The molecule has 1 nitrogen and oxygen atoms in total. The number of rotatable bonds is 3. The Morgan fingerprint density at radius 1 is 1.29 bits per heavy atom. The smallest absolute Gasteiger partial charge is 0.142 e. The molecule has 0 bridgehead atoms. The van der Waals surface area contributed by atoms with Crippen molar-refractivity contribution >= 4 is 11.6 Å². The zero-order valence-corrected chi connectivity index (χ0v) is 11.0. The first-order valence-corrected chi connectivity index (χ1v) is 6.66. The minimum atomic E-state index is -0.301. The van der Waals surface area contributed by atoms with Crippen LogP contribution in [0.2, 0.25) is 5.02 Å². The van der Waals surface area contributed by atoms with E-state index in [1.165, 1.54) is 19.3 Å². The molecule has 0 radical (unpaired) electrons. The molecule has 1 aliphatic rings. The number of likely N-dealkylation sites (N-methyl/N-ethyl adjacent to an activating group) is 1. The maximum Gasteiger partial charge on any atom is 0.142 e. The van der Waals surface area contributed by atoms with E-state index in [-0.39, 0.29) is 16.3 Å². The SMILES string of the molecule is CNCC1(c2ccc(Cl)c(F)c2)CCCCC1. The van der Waals surface area contributed by atoms with Crippen molar-refractivity contribution in [2.45, 2.75) is 37.5 Å². The molecule has 1 aromatic rings. The van der Waals surface area contributed by atoms with E-state index in [2.05, 4.69) is 5.32 Å². The summed E-state index contributed by atoms with van der Waals surface area (Å²) in [5, 5.41) is 3.47. The topological polar surface area (TPSA) is 12.0 Å². The number of hydrogen-bond donors (Lipinski definition) is 1. The summed E-state index contributed by atoms with van der Waals surface area (Å²) in [6.07, 6.45) is 6.02. The predicted octanol–water partition coefficient (Wildman–Crippen LogP) is 3.90. The van der Waals surface area contributed by atoms with E-state index >= 15 is 0 Å². The lowest BCUT2D eigenvalue weighted by Gasteiger charge is -2.38. The summed E-state index contributed by atoms with van der Waals surface area (Å²) in [4.78, 5) is 0. The molecule has 1 N–H and O–H groups in total. The summed E-state index contributed by atoms with van der Waals surface area (Å²) in [6.45, 7) is 0.911. The highest BCUT2D eigenvalue weighted by Crippen LogP contribution is 2.39. The fourth-order valence-corrected chi connectivity index (χ4v) is 3.08. The predicted molar refractivity (Wildman–Crippen MR) is 70.1 cm³/mol. The molecule has 0 atom stereocenters. The van der Waals surface area contributed by atoms with Crippen molar-refractivity contribution in [3.8, 4) is 0 Å². The van der Waals surface area contributed by atoms with Gasteiger partial charge in [-0.3, -0.25) is 0 Å². The Bertz CT molecular complexity index is 380. The van der Waals surface area contributed by atoms with Gasteiger partial charge in [0, 0.05) is 12.0 Å². The molecule has 0 spiro atoms. The van der Waals surface area contributed by atoms with Crippen molar-refractivity contribution in [1.82, 2.24) is 5.32 Å². The van der Waals surface area contributed by atoms with E-state index < -0.39 is 0 Å². The Morgan fingerprint density at radius 2 is 2.00 bits per heavy atom. The minimum absolute atomic E-state index is 0.0957. The van der Waals surface area contributed by atoms with Crippen LogP contribution in [-0.2, 0) is 5.41 Å². The van der Waals surface area contributed by atoms with Gasteiger partial charge < -0.3 is 5.32 Å². The Hall–Kier alpha value is -0.600. The van der Waals surface area contributed by atoms with Gasteiger partial charge in [-0.1, -0.05) is 36.9 Å². The van der Waals surface area contributed by atoms with Gasteiger partial charge in [0.1, 0.15) is 5.82 Å². The van der Waals surface area contributed by atoms with E-state index in [1.807, 2.05) is 13.1 Å². The third-order valence-corrected chi connectivity index (χ3v) is 4.16. The van der Waals surface area contributed by atoms with Gasteiger partial charge in [0.25, 0.3) is 0 Å². The van der Waals surface area contributed by atoms with Crippen LogP contribution in [0.3, 0.4) is 0 Å². The molecule has 0 heterocycles. The van der Waals surface area contributed by atoms with Crippen molar-refractivity contribution in [2.24, 2.45) is 0 Å². The van der Waals surface area contributed by atoms with E-state index in [0.29, 0.717) is 0 Å². The van der Waals surface area contributed by atoms with Crippen LogP contribution in [0.4, 0.5) is 4.39 Å². The summed E-state index contributed by atoms with van der Waals surface area (Å²) >= 11 is 5.75. The van der Waals surface area contributed by atoms with Gasteiger partial charge in [-0.15, -0.1) is 0 Å². The Labute approximate surface area is 107 Å². The number of hydrogen-bond acceptors (Lipinski definition) is 1. The fourth-order valence-electron chi connectivity index (χ4n) is 2.96. The third-order valence-electron chi connectivity index (χ3n) is 3.86. The number of nitrogens with one attached hydrogen (secondary N) is 1. The highest BCUT2D eigenvalue weighted by atomic mass is 35.5. The molecule has 3 heteroatoms. The Morgan fingerprint density at radius 3 is 2.59 bits per heavy atom. The van der Waals surface area contributed by atoms with Crippen molar-refractivity contribution in [1.29, 1.82) is 0 Å². The second-order valence-electron chi connectivity index (χ2n) is 5.00. The summed E-state index contributed by atoms with van der Waals surface area (Å²) in [5.74, 6) is -0.301. The molecule has 2 rings (SSSR count).